The van der Waals surface area contributed by atoms with Crippen LogP contribution < -0.4 is 5.56 Å². The van der Waals surface area contributed by atoms with Crippen molar-refractivity contribution < 1.29 is 9.59 Å². The molecule has 0 saturated heterocycles. The third-order valence-corrected chi connectivity index (χ3v) is 4.29. The molecule has 0 radical (unpaired) electrons. The van der Waals surface area contributed by atoms with Gasteiger partial charge in [-0.1, -0.05) is 48.5 Å². The average Bonchev–Trinajstić information content (AvgIpc) is 2.94. The summed E-state index contributed by atoms with van der Waals surface area (Å²) >= 11 is 0. The lowest BCUT2D eigenvalue weighted by molar-refractivity contribution is 0.0594. The predicted octanol–water partition coefficient (Wildman–Crippen LogP) is 2.67. The fourth-order valence-electron chi connectivity index (χ4n) is 2.90. The SMILES string of the molecule is O=C1c2ccccc2C(=O)N1Cn1nc(C=Cc2ccccc2)ccc1=O. The number of nitrogens with zero attached hydrogens (tertiary/aromatic N) is 3. The molecule has 1 aliphatic rings. The monoisotopic (exact) mass is 357 g/mol. The van der Waals surface area contributed by atoms with E-state index in [2.05, 4.69) is 5.10 Å². The zero-order chi connectivity index (χ0) is 18.8. The summed E-state index contributed by atoms with van der Waals surface area (Å²) in [6, 6.07) is 19.3. The molecule has 4 rings (SSSR count). The topological polar surface area (TPSA) is 72.3 Å². The smallest absolute Gasteiger partial charge is 0.268 e. The van der Waals surface area contributed by atoms with Crippen LogP contribution in [-0.4, -0.2) is 26.5 Å². The van der Waals surface area contributed by atoms with Crippen LogP contribution >= 0.6 is 0 Å². The first kappa shape index (κ1) is 16.7. The van der Waals surface area contributed by atoms with Crippen LogP contribution in [-0.2, 0) is 6.67 Å². The second kappa shape index (κ2) is 6.84. The third kappa shape index (κ3) is 3.20. The lowest BCUT2D eigenvalue weighted by Crippen LogP contribution is -2.37. The highest BCUT2D eigenvalue weighted by atomic mass is 16.2. The normalized spacial score (nSPS) is 13.4. The Morgan fingerprint density at radius 1 is 0.741 bits per heavy atom. The van der Waals surface area contributed by atoms with Gasteiger partial charge < -0.3 is 0 Å². The maximum absolute atomic E-state index is 12.5. The van der Waals surface area contributed by atoms with Gasteiger partial charge in [0.05, 0.1) is 16.8 Å². The summed E-state index contributed by atoms with van der Waals surface area (Å²) in [5, 5.41) is 4.25. The average molecular weight is 357 g/mol. The molecule has 3 aromatic rings. The molecule has 27 heavy (non-hydrogen) atoms. The van der Waals surface area contributed by atoms with Crippen molar-refractivity contribution in [1.82, 2.24) is 14.7 Å². The van der Waals surface area contributed by atoms with E-state index in [1.54, 1.807) is 36.4 Å². The molecular formula is C21H15N3O3. The van der Waals surface area contributed by atoms with Crippen molar-refractivity contribution in [1.29, 1.82) is 0 Å². The van der Waals surface area contributed by atoms with Gasteiger partial charge in [0.2, 0.25) is 0 Å². The summed E-state index contributed by atoms with van der Waals surface area (Å²) in [5.74, 6) is -0.843. The highest BCUT2D eigenvalue weighted by molar-refractivity contribution is 6.21. The molecule has 6 heteroatoms. The van der Waals surface area contributed by atoms with Crippen LogP contribution in [0.5, 0.6) is 0 Å². The van der Waals surface area contributed by atoms with Gasteiger partial charge in [0, 0.05) is 6.07 Å². The quantitative estimate of drug-likeness (QED) is 0.673. The van der Waals surface area contributed by atoms with E-state index in [-0.39, 0.29) is 12.2 Å². The zero-order valence-corrected chi connectivity index (χ0v) is 14.3. The first-order valence-corrected chi connectivity index (χ1v) is 8.40. The fraction of sp³-hybridized carbons (Fsp3) is 0.0476. The van der Waals surface area contributed by atoms with Gasteiger partial charge in [-0.15, -0.1) is 0 Å². The van der Waals surface area contributed by atoms with Gasteiger partial charge in [0.1, 0.15) is 6.67 Å². The Hall–Kier alpha value is -3.80. The summed E-state index contributed by atoms with van der Waals surface area (Å²) in [6.07, 6.45) is 3.65. The Morgan fingerprint density at radius 3 is 2.04 bits per heavy atom. The molecule has 2 heterocycles. The molecule has 132 valence electrons. The molecule has 1 aliphatic heterocycles. The van der Waals surface area contributed by atoms with E-state index in [9.17, 15) is 14.4 Å². The van der Waals surface area contributed by atoms with Gasteiger partial charge in [-0.05, 0) is 29.8 Å². The number of fused-ring (bicyclic) bond motifs is 1. The lowest BCUT2D eigenvalue weighted by Gasteiger charge is -2.14. The number of rotatable bonds is 4. The summed E-state index contributed by atoms with van der Waals surface area (Å²) in [4.78, 5) is 38.1. The largest absolute Gasteiger partial charge is 0.269 e. The van der Waals surface area contributed by atoms with Gasteiger partial charge >= 0.3 is 0 Å². The van der Waals surface area contributed by atoms with Crippen molar-refractivity contribution in [3.63, 3.8) is 0 Å². The maximum atomic E-state index is 12.5. The van der Waals surface area contributed by atoms with Gasteiger partial charge in [0.25, 0.3) is 17.4 Å². The van der Waals surface area contributed by atoms with Crippen LogP contribution in [0.15, 0.2) is 71.5 Å². The van der Waals surface area contributed by atoms with Gasteiger partial charge in [-0.3, -0.25) is 19.3 Å². The standard InChI is InChI=1S/C21H15N3O3/c25-19-13-12-16(11-10-15-6-2-1-3-7-15)22-24(19)14-23-20(26)17-8-4-5-9-18(17)21(23)27/h1-13H,14H2. The molecular weight excluding hydrogens is 342 g/mol. The molecule has 0 fully saturated rings. The van der Waals surface area contributed by atoms with Crippen LogP contribution in [0, 0.1) is 0 Å². The van der Waals surface area contributed by atoms with Crippen LogP contribution in [0.25, 0.3) is 12.2 Å². The number of amides is 2. The molecule has 0 N–H and O–H groups in total. The molecule has 0 saturated carbocycles. The molecule has 1 aromatic heterocycles. The second-order valence-electron chi connectivity index (χ2n) is 6.07. The van der Waals surface area contributed by atoms with E-state index >= 15 is 0 Å². The second-order valence-corrected chi connectivity index (χ2v) is 6.07. The van der Waals surface area contributed by atoms with Gasteiger partial charge in [0.15, 0.2) is 0 Å². The molecule has 0 atom stereocenters. The van der Waals surface area contributed by atoms with E-state index in [1.807, 2.05) is 36.4 Å². The van der Waals surface area contributed by atoms with Gasteiger partial charge in [-0.25, -0.2) is 4.68 Å². The Kier molecular flexibility index (Phi) is 4.22. The Labute approximate surface area is 155 Å². The van der Waals surface area contributed by atoms with E-state index in [1.165, 1.54) is 6.07 Å². The molecule has 2 amide bonds. The number of carbonyl (C=O) groups is 2. The summed E-state index contributed by atoms with van der Waals surface area (Å²) in [6.45, 7) is -0.224. The highest BCUT2D eigenvalue weighted by Gasteiger charge is 2.35. The molecule has 0 unspecified atom stereocenters. The number of hydrogen-bond donors (Lipinski definition) is 0. The highest BCUT2D eigenvalue weighted by Crippen LogP contribution is 2.22. The Balaban J connectivity index is 1.60. The van der Waals surface area contributed by atoms with E-state index < -0.39 is 11.8 Å². The number of aromatic nitrogens is 2. The maximum Gasteiger partial charge on any atom is 0.268 e. The van der Waals surface area contributed by atoms with Gasteiger partial charge in [-0.2, -0.15) is 5.10 Å². The number of imide groups is 1. The molecule has 2 aromatic carbocycles. The van der Waals surface area contributed by atoms with Crippen molar-refractivity contribution in [3.8, 4) is 0 Å². The van der Waals surface area contributed by atoms with Crippen LogP contribution in [0.1, 0.15) is 32.0 Å². The van der Waals surface area contributed by atoms with Crippen molar-refractivity contribution in [2.24, 2.45) is 0 Å². The van der Waals surface area contributed by atoms with E-state index in [4.69, 9.17) is 0 Å². The minimum Gasteiger partial charge on any atom is -0.269 e. The lowest BCUT2D eigenvalue weighted by atomic mass is 10.1. The third-order valence-electron chi connectivity index (χ3n) is 4.29. The summed E-state index contributed by atoms with van der Waals surface area (Å²) in [5.41, 5.74) is 1.85. The Morgan fingerprint density at radius 2 is 1.37 bits per heavy atom. The predicted molar refractivity (Wildman–Crippen MR) is 101 cm³/mol. The summed E-state index contributed by atoms with van der Waals surface area (Å²) < 4.78 is 1.12. The van der Waals surface area contributed by atoms with Crippen LogP contribution in [0.2, 0.25) is 0 Å². The zero-order valence-electron chi connectivity index (χ0n) is 14.3. The van der Waals surface area contributed by atoms with E-state index in [0.717, 1.165) is 15.1 Å². The first-order valence-electron chi connectivity index (χ1n) is 8.40. The van der Waals surface area contributed by atoms with Crippen molar-refractivity contribution in [2.45, 2.75) is 6.67 Å². The number of carbonyl (C=O) groups excluding carboxylic acids is 2. The summed E-state index contributed by atoms with van der Waals surface area (Å²) in [7, 11) is 0. The molecule has 0 bridgehead atoms. The molecule has 0 aliphatic carbocycles. The van der Waals surface area contributed by atoms with Crippen molar-refractivity contribution in [3.05, 3.63) is 99.5 Å². The minimum atomic E-state index is -0.422. The molecule has 6 nitrogen and oxygen atoms in total. The van der Waals surface area contributed by atoms with Crippen molar-refractivity contribution in [2.75, 3.05) is 0 Å². The van der Waals surface area contributed by atoms with E-state index in [0.29, 0.717) is 16.8 Å². The number of hydrogen-bond acceptors (Lipinski definition) is 4. The first-order chi connectivity index (χ1) is 13.1. The van der Waals surface area contributed by atoms with Crippen LogP contribution in [0.4, 0.5) is 0 Å². The fourth-order valence-corrected chi connectivity index (χ4v) is 2.90. The molecule has 0 spiro atoms. The Bertz CT molecular complexity index is 1080. The number of benzene rings is 2. The van der Waals surface area contributed by atoms with Crippen LogP contribution in [0.3, 0.4) is 0 Å². The minimum absolute atomic E-state index is 0.224. The van der Waals surface area contributed by atoms with Crippen molar-refractivity contribution >= 4 is 24.0 Å².